The molecule has 1 N–H and O–H groups in total. The molecule has 1 heterocycles. The van der Waals surface area contributed by atoms with Gasteiger partial charge in [0.15, 0.2) is 0 Å². The number of hydrogen-bond donors (Lipinski definition) is 1. The molecule has 1 amide bonds. The van der Waals surface area contributed by atoms with Crippen molar-refractivity contribution >= 4 is 34.1 Å². The van der Waals surface area contributed by atoms with Crippen LogP contribution in [0.2, 0.25) is 5.02 Å². The molecule has 2 aromatic carbocycles. The third kappa shape index (κ3) is 3.42. The highest BCUT2D eigenvalue weighted by molar-refractivity contribution is 6.32. The first-order chi connectivity index (χ1) is 11.9. The van der Waals surface area contributed by atoms with Gasteiger partial charge in [0.05, 0.1) is 29.0 Å². The summed E-state index contributed by atoms with van der Waals surface area (Å²) in [7, 11) is 1.54. The maximum atomic E-state index is 14.2. The second-order valence-corrected chi connectivity index (χ2v) is 6.11. The molecule has 0 spiro atoms. The maximum Gasteiger partial charge on any atom is 0.221 e. The lowest BCUT2D eigenvalue weighted by Crippen LogP contribution is -2.07. The van der Waals surface area contributed by atoms with Crippen molar-refractivity contribution in [1.82, 2.24) is 4.98 Å². The first kappa shape index (κ1) is 17.2. The normalized spacial score (nSPS) is 10.8. The summed E-state index contributed by atoms with van der Waals surface area (Å²) in [5.41, 5.74) is 3.08. The average Bonchev–Trinajstić information content (AvgIpc) is 2.56. The average molecular weight is 359 g/mol. The molecule has 0 atom stereocenters. The molecule has 0 aliphatic carbocycles. The van der Waals surface area contributed by atoms with Gasteiger partial charge >= 0.3 is 0 Å². The lowest BCUT2D eigenvalue weighted by atomic mass is 10.0. The number of pyridine rings is 1. The Morgan fingerprint density at radius 3 is 2.68 bits per heavy atom. The van der Waals surface area contributed by atoms with Gasteiger partial charge in [0.25, 0.3) is 0 Å². The van der Waals surface area contributed by atoms with Crippen LogP contribution in [0.25, 0.3) is 22.2 Å². The molecule has 0 radical (unpaired) electrons. The van der Waals surface area contributed by atoms with Crippen LogP contribution in [0.15, 0.2) is 36.4 Å². The first-order valence-corrected chi connectivity index (χ1v) is 7.99. The predicted octanol–water partition coefficient (Wildman–Crippen LogP) is 4.97. The highest BCUT2D eigenvalue weighted by atomic mass is 35.5. The second kappa shape index (κ2) is 6.69. The quantitative estimate of drug-likeness (QED) is 0.719. The van der Waals surface area contributed by atoms with E-state index in [4.69, 9.17) is 16.3 Å². The zero-order valence-electron chi connectivity index (χ0n) is 14.0. The summed E-state index contributed by atoms with van der Waals surface area (Å²) >= 11 is 6.06. The van der Waals surface area contributed by atoms with Crippen LogP contribution in [0.5, 0.6) is 5.75 Å². The van der Waals surface area contributed by atoms with E-state index in [1.54, 1.807) is 25.3 Å². The number of hydrogen-bond acceptors (Lipinski definition) is 3. The van der Waals surface area contributed by atoms with E-state index < -0.39 is 5.82 Å². The van der Waals surface area contributed by atoms with Crippen molar-refractivity contribution in [3.63, 3.8) is 0 Å². The first-order valence-electron chi connectivity index (χ1n) is 7.61. The number of carbonyl (C=O) groups is 1. The second-order valence-electron chi connectivity index (χ2n) is 5.70. The van der Waals surface area contributed by atoms with Crippen LogP contribution in [0.4, 0.5) is 10.1 Å². The molecule has 0 bridgehead atoms. The lowest BCUT2D eigenvalue weighted by Gasteiger charge is -2.11. The number of amides is 1. The monoisotopic (exact) mass is 358 g/mol. The molecule has 0 saturated heterocycles. The number of nitrogens with zero attached hydrogens (tertiary/aromatic N) is 1. The van der Waals surface area contributed by atoms with Crippen LogP contribution < -0.4 is 10.1 Å². The molecule has 3 rings (SSSR count). The van der Waals surface area contributed by atoms with E-state index in [0.717, 1.165) is 16.5 Å². The van der Waals surface area contributed by atoms with E-state index in [1.165, 1.54) is 13.0 Å². The molecular weight excluding hydrogens is 343 g/mol. The summed E-state index contributed by atoms with van der Waals surface area (Å²) in [4.78, 5) is 15.7. The van der Waals surface area contributed by atoms with E-state index >= 15 is 0 Å². The fraction of sp³-hybridized carbons (Fsp3) is 0.158. The minimum atomic E-state index is -0.527. The fourth-order valence-electron chi connectivity index (χ4n) is 2.67. The number of benzene rings is 2. The van der Waals surface area contributed by atoms with Crippen molar-refractivity contribution < 1.29 is 13.9 Å². The molecular formula is C19H16ClFN2O2. The molecule has 4 nitrogen and oxygen atoms in total. The number of carbonyl (C=O) groups excluding carboxylic acids is 1. The van der Waals surface area contributed by atoms with Crippen molar-refractivity contribution in [2.24, 2.45) is 0 Å². The largest absolute Gasteiger partial charge is 0.495 e. The zero-order chi connectivity index (χ0) is 18.1. The number of fused-ring (bicyclic) bond motifs is 1. The van der Waals surface area contributed by atoms with E-state index in [2.05, 4.69) is 10.3 Å². The Balaban J connectivity index is 2.15. The Labute approximate surface area is 149 Å². The van der Waals surface area contributed by atoms with Gasteiger partial charge in [-0.3, -0.25) is 4.79 Å². The number of aromatic nitrogens is 1. The van der Waals surface area contributed by atoms with Crippen LogP contribution in [0.3, 0.4) is 0 Å². The Bertz CT molecular complexity index is 989. The van der Waals surface area contributed by atoms with Crippen molar-refractivity contribution in [3.05, 3.63) is 52.8 Å². The van der Waals surface area contributed by atoms with Crippen molar-refractivity contribution in [3.8, 4) is 17.0 Å². The highest BCUT2D eigenvalue weighted by Crippen LogP contribution is 2.32. The van der Waals surface area contributed by atoms with Crippen molar-refractivity contribution in [1.29, 1.82) is 0 Å². The molecule has 128 valence electrons. The van der Waals surface area contributed by atoms with Gasteiger partial charge < -0.3 is 10.1 Å². The molecule has 25 heavy (non-hydrogen) atoms. The summed E-state index contributed by atoms with van der Waals surface area (Å²) in [6, 6.07) is 10.2. The number of rotatable bonds is 3. The summed E-state index contributed by atoms with van der Waals surface area (Å²) in [5, 5.41) is 3.77. The number of anilines is 1. The molecule has 0 aliphatic heterocycles. The number of methoxy groups -OCH3 is 1. The highest BCUT2D eigenvalue weighted by Gasteiger charge is 2.12. The van der Waals surface area contributed by atoms with Gasteiger partial charge in [0, 0.05) is 23.9 Å². The topological polar surface area (TPSA) is 51.2 Å². The van der Waals surface area contributed by atoms with Gasteiger partial charge in [-0.25, -0.2) is 9.37 Å². The summed E-state index contributed by atoms with van der Waals surface area (Å²) in [6.45, 7) is 3.25. The van der Waals surface area contributed by atoms with Crippen LogP contribution in [-0.4, -0.2) is 18.0 Å². The summed E-state index contributed by atoms with van der Waals surface area (Å²) in [6.07, 6.45) is 0. The van der Waals surface area contributed by atoms with Gasteiger partial charge in [0.1, 0.15) is 11.6 Å². The van der Waals surface area contributed by atoms with Gasteiger partial charge in [-0.2, -0.15) is 0 Å². The number of halogens is 2. The Morgan fingerprint density at radius 2 is 2.00 bits per heavy atom. The molecule has 0 fully saturated rings. The molecule has 0 aliphatic rings. The van der Waals surface area contributed by atoms with E-state index in [1.807, 2.05) is 19.1 Å². The third-order valence-electron chi connectivity index (χ3n) is 3.86. The lowest BCUT2D eigenvalue weighted by molar-refractivity contribution is -0.114. The van der Waals surface area contributed by atoms with Crippen LogP contribution >= 0.6 is 11.6 Å². The SMILES string of the molecule is COc1cc(-c2cc(C)c3cc(NC(C)=O)c(F)cc3n2)ccc1Cl. The van der Waals surface area contributed by atoms with E-state index in [9.17, 15) is 9.18 Å². The molecule has 0 unspecified atom stereocenters. The molecule has 0 saturated carbocycles. The molecule has 3 aromatic rings. The Hall–Kier alpha value is -2.66. The zero-order valence-corrected chi connectivity index (χ0v) is 14.7. The third-order valence-corrected chi connectivity index (χ3v) is 4.17. The fourth-order valence-corrected chi connectivity index (χ4v) is 2.86. The number of nitrogens with one attached hydrogen (secondary N) is 1. The van der Waals surface area contributed by atoms with Crippen LogP contribution in [0, 0.1) is 12.7 Å². The van der Waals surface area contributed by atoms with Gasteiger partial charge in [-0.05, 0) is 36.8 Å². The smallest absolute Gasteiger partial charge is 0.221 e. The van der Waals surface area contributed by atoms with Gasteiger partial charge in [-0.15, -0.1) is 0 Å². The van der Waals surface area contributed by atoms with E-state index in [-0.39, 0.29) is 11.6 Å². The van der Waals surface area contributed by atoms with Gasteiger partial charge in [-0.1, -0.05) is 17.7 Å². The Kier molecular flexibility index (Phi) is 4.59. The Morgan fingerprint density at radius 1 is 1.24 bits per heavy atom. The maximum absolute atomic E-state index is 14.2. The minimum absolute atomic E-state index is 0.144. The van der Waals surface area contributed by atoms with Crippen LogP contribution in [-0.2, 0) is 4.79 Å². The summed E-state index contributed by atoms with van der Waals surface area (Å²) in [5.74, 6) is -0.305. The minimum Gasteiger partial charge on any atom is -0.495 e. The predicted molar refractivity (Wildman–Crippen MR) is 97.7 cm³/mol. The number of aryl methyl sites for hydroxylation is 1. The van der Waals surface area contributed by atoms with Crippen molar-refractivity contribution in [2.75, 3.05) is 12.4 Å². The van der Waals surface area contributed by atoms with Crippen molar-refractivity contribution in [2.45, 2.75) is 13.8 Å². The number of ether oxygens (including phenoxy) is 1. The standard InChI is InChI=1S/C19H16ClFN2O2/c1-10-6-16(12-4-5-14(20)19(7-12)25-3)23-17-9-15(21)18(8-13(10)17)22-11(2)24/h4-9H,1-3H3,(H,22,24). The molecule has 6 heteroatoms. The molecule has 1 aromatic heterocycles. The van der Waals surface area contributed by atoms with Gasteiger partial charge in [0.2, 0.25) is 5.91 Å². The summed E-state index contributed by atoms with van der Waals surface area (Å²) < 4.78 is 19.5. The van der Waals surface area contributed by atoms with Crippen LogP contribution in [0.1, 0.15) is 12.5 Å². The van der Waals surface area contributed by atoms with E-state index in [0.29, 0.717) is 22.0 Å².